The minimum absolute atomic E-state index is 0.114. The highest BCUT2D eigenvalue weighted by Gasteiger charge is 2.07. The van der Waals surface area contributed by atoms with E-state index in [-0.39, 0.29) is 6.03 Å². The molecule has 0 saturated heterocycles. The van der Waals surface area contributed by atoms with Gasteiger partial charge in [0.2, 0.25) is 0 Å². The molecule has 0 aromatic carbocycles. The second-order valence-corrected chi connectivity index (χ2v) is 3.60. The summed E-state index contributed by atoms with van der Waals surface area (Å²) in [6.07, 6.45) is 0. The Balaban J connectivity index is 2.54. The standard InChI is InChI=1S/C8H13N3OS/c1-4-11(3)8(12)10-7-9-6(2)5-13-7/h5H,4H2,1-3H3,(H,9,10,12). The number of anilines is 1. The molecule has 0 unspecified atom stereocenters. The summed E-state index contributed by atoms with van der Waals surface area (Å²) < 4.78 is 0. The summed E-state index contributed by atoms with van der Waals surface area (Å²) in [4.78, 5) is 17.1. The maximum Gasteiger partial charge on any atom is 0.323 e. The maximum atomic E-state index is 11.3. The van der Waals surface area contributed by atoms with Crippen LogP contribution >= 0.6 is 11.3 Å². The van der Waals surface area contributed by atoms with Crippen LogP contribution in [0.3, 0.4) is 0 Å². The zero-order valence-electron chi connectivity index (χ0n) is 8.00. The minimum Gasteiger partial charge on any atom is -0.328 e. The van der Waals surface area contributed by atoms with Gasteiger partial charge >= 0.3 is 6.03 Å². The van der Waals surface area contributed by atoms with Crippen molar-refractivity contribution in [3.8, 4) is 0 Å². The number of hydrogen-bond acceptors (Lipinski definition) is 3. The largest absolute Gasteiger partial charge is 0.328 e. The zero-order chi connectivity index (χ0) is 9.84. The van der Waals surface area contributed by atoms with E-state index in [1.807, 2.05) is 19.2 Å². The predicted octanol–water partition coefficient (Wildman–Crippen LogP) is 1.94. The fraction of sp³-hybridized carbons (Fsp3) is 0.500. The van der Waals surface area contributed by atoms with Crippen LogP contribution in [0, 0.1) is 6.92 Å². The fourth-order valence-corrected chi connectivity index (χ4v) is 1.42. The molecule has 1 N–H and O–H groups in total. The van der Waals surface area contributed by atoms with Crippen LogP contribution in [0.5, 0.6) is 0 Å². The third-order valence-corrected chi connectivity index (χ3v) is 2.53. The molecule has 0 aliphatic rings. The molecule has 72 valence electrons. The van der Waals surface area contributed by atoms with Crippen LogP contribution in [0.15, 0.2) is 5.38 Å². The van der Waals surface area contributed by atoms with Gasteiger partial charge in [-0.15, -0.1) is 11.3 Å². The number of thiazole rings is 1. The maximum absolute atomic E-state index is 11.3. The Morgan fingerprint density at radius 2 is 2.46 bits per heavy atom. The summed E-state index contributed by atoms with van der Waals surface area (Å²) in [5, 5.41) is 5.27. The lowest BCUT2D eigenvalue weighted by Crippen LogP contribution is -2.30. The van der Waals surface area contributed by atoms with Crippen molar-refractivity contribution in [1.82, 2.24) is 9.88 Å². The van der Waals surface area contributed by atoms with E-state index < -0.39 is 0 Å². The third-order valence-electron chi connectivity index (χ3n) is 1.65. The highest BCUT2D eigenvalue weighted by atomic mass is 32.1. The van der Waals surface area contributed by atoms with E-state index in [2.05, 4.69) is 10.3 Å². The van der Waals surface area contributed by atoms with Crippen molar-refractivity contribution < 1.29 is 4.79 Å². The first kappa shape index (κ1) is 9.98. The Morgan fingerprint density at radius 3 is 2.92 bits per heavy atom. The predicted molar refractivity (Wildman–Crippen MR) is 54.2 cm³/mol. The summed E-state index contributed by atoms with van der Waals surface area (Å²) in [6, 6.07) is -0.114. The van der Waals surface area contributed by atoms with Crippen molar-refractivity contribution in [3.63, 3.8) is 0 Å². The van der Waals surface area contributed by atoms with Gasteiger partial charge in [-0.3, -0.25) is 5.32 Å². The van der Waals surface area contributed by atoms with E-state index >= 15 is 0 Å². The first-order chi connectivity index (χ1) is 6.13. The molecule has 1 aromatic rings. The van der Waals surface area contributed by atoms with Crippen molar-refractivity contribution in [2.24, 2.45) is 0 Å². The Hall–Kier alpha value is -1.10. The van der Waals surface area contributed by atoms with Crippen LogP contribution < -0.4 is 5.32 Å². The van der Waals surface area contributed by atoms with Crippen molar-refractivity contribution in [1.29, 1.82) is 0 Å². The monoisotopic (exact) mass is 199 g/mol. The highest BCUT2D eigenvalue weighted by molar-refractivity contribution is 7.13. The molecule has 13 heavy (non-hydrogen) atoms. The van der Waals surface area contributed by atoms with Crippen LogP contribution in [-0.4, -0.2) is 29.5 Å². The number of nitrogens with zero attached hydrogens (tertiary/aromatic N) is 2. The Bertz CT molecular complexity index is 297. The van der Waals surface area contributed by atoms with E-state index in [9.17, 15) is 4.79 Å². The molecule has 0 atom stereocenters. The molecule has 1 rings (SSSR count). The van der Waals surface area contributed by atoms with Gasteiger partial charge in [0.25, 0.3) is 0 Å². The van der Waals surface area contributed by atoms with Gasteiger partial charge in [-0.05, 0) is 13.8 Å². The fourth-order valence-electron chi connectivity index (χ4n) is 0.742. The first-order valence-electron chi connectivity index (χ1n) is 4.07. The van der Waals surface area contributed by atoms with Crippen LogP contribution in [0.1, 0.15) is 12.6 Å². The number of aryl methyl sites for hydroxylation is 1. The summed E-state index contributed by atoms with van der Waals surface area (Å²) in [7, 11) is 1.75. The quantitative estimate of drug-likeness (QED) is 0.791. The van der Waals surface area contributed by atoms with E-state index in [0.29, 0.717) is 11.7 Å². The average molecular weight is 199 g/mol. The Morgan fingerprint density at radius 1 is 1.77 bits per heavy atom. The van der Waals surface area contributed by atoms with Crippen molar-refractivity contribution in [2.75, 3.05) is 18.9 Å². The SMILES string of the molecule is CCN(C)C(=O)Nc1nc(C)cs1. The van der Waals surface area contributed by atoms with E-state index in [1.54, 1.807) is 11.9 Å². The molecule has 2 amide bonds. The number of rotatable bonds is 2. The lowest BCUT2D eigenvalue weighted by molar-refractivity contribution is 0.224. The smallest absolute Gasteiger partial charge is 0.323 e. The molecule has 0 aliphatic heterocycles. The van der Waals surface area contributed by atoms with Crippen molar-refractivity contribution in [3.05, 3.63) is 11.1 Å². The molecule has 4 nitrogen and oxygen atoms in total. The first-order valence-corrected chi connectivity index (χ1v) is 4.95. The molecule has 0 aliphatic carbocycles. The van der Waals surface area contributed by atoms with Gasteiger partial charge in [-0.2, -0.15) is 0 Å². The van der Waals surface area contributed by atoms with Gasteiger partial charge in [0.1, 0.15) is 0 Å². The molecule has 1 heterocycles. The summed E-state index contributed by atoms with van der Waals surface area (Å²) >= 11 is 1.44. The van der Waals surface area contributed by atoms with Gasteiger partial charge < -0.3 is 4.90 Å². The minimum atomic E-state index is -0.114. The highest BCUT2D eigenvalue weighted by Crippen LogP contribution is 2.14. The van der Waals surface area contributed by atoms with Crippen LogP contribution in [0.25, 0.3) is 0 Å². The van der Waals surface area contributed by atoms with Crippen molar-refractivity contribution >= 4 is 22.5 Å². The number of carbonyl (C=O) groups is 1. The number of nitrogens with one attached hydrogen (secondary N) is 1. The number of amides is 2. The van der Waals surface area contributed by atoms with E-state index in [4.69, 9.17) is 0 Å². The van der Waals surface area contributed by atoms with E-state index in [1.165, 1.54) is 11.3 Å². The van der Waals surface area contributed by atoms with Crippen LogP contribution in [-0.2, 0) is 0 Å². The molecule has 1 aromatic heterocycles. The molecule has 5 heteroatoms. The summed E-state index contributed by atoms with van der Waals surface area (Å²) in [6.45, 7) is 4.51. The Labute approximate surface area is 81.6 Å². The van der Waals surface area contributed by atoms with E-state index in [0.717, 1.165) is 5.69 Å². The second-order valence-electron chi connectivity index (χ2n) is 2.74. The average Bonchev–Trinajstić information content (AvgIpc) is 2.49. The lowest BCUT2D eigenvalue weighted by Gasteiger charge is -2.13. The van der Waals surface area contributed by atoms with Gasteiger partial charge in [0.15, 0.2) is 5.13 Å². The molecule has 0 spiro atoms. The molecular weight excluding hydrogens is 186 g/mol. The summed E-state index contributed by atoms with van der Waals surface area (Å²) in [5.74, 6) is 0. The Kier molecular flexibility index (Phi) is 3.25. The molecule has 0 saturated carbocycles. The summed E-state index contributed by atoms with van der Waals surface area (Å²) in [5.41, 5.74) is 0.930. The number of aromatic nitrogens is 1. The normalized spacial score (nSPS) is 9.77. The van der Waals surface area contributed by atoms with Gasteiger partial charge in [-0.25, -0.2) is 9.78 Å². The van der Waals surface area contributed by atoms with Gasteiger partial charge in [-0.1, -0.05) is 0 Å². The van der Waals surface area contributed by atoms with Gasteiger partial charge in [0.05, 0.1) is 5.69 Å². The van der Waals surface area contributed by atoms with Gasteiger partial charge in [0, 0.05) is 19.0 Å². The number of carbonyl (C=O) groups excluding carboxylic acids is 1. The second kappa shape index (κ2) is 4.23. The molecular formula is C8H13N3OS. The zero-order valence-corrected chi connectivity index (χ0v) is 8.81. The third kappa shape index (κ3) is 2.69. The molecule has 0 bridgehead atoms. The molecule has 0 radical (unpaired) electrons. The van der Waals surface area contributed by atoms with Crippen LogP contribution in [0.2, 0.25) is 0 Å². The molecule has 0 fully saturated rings. The lowest BCUT2D eigenvalue weighted by atomic mass is 10.6. The number of hydrogen-bond donors (Lipinski definition) is 1. The van der Waals surface area contributed by atoms with Crippen LogP contribution in [0.4, 0.5) is 9.93 Å². The number of urea groups is 1. The van der Waals surface area contributed by atoms with Crippen molar-refractivity contribution in [2.45, 2.75) is 13.8 Å². The topological polar surface area (TPSA) is 45.2 Å².